The first kappa shape index (κ1) is 7.97. The number of nitrogens with one attached hydrogen (secondary N) is 1. The third-order valence-corrected chi connectivity index (χ3v) is 1.31. The van der Waals surface area contributed by atoms with Crippen molar-refractivity contribution in [2.45, 2.75) is 6.54 Å². The van der Waals surface area contributed by atoms with E-state index in [0.717, 1.165) is 5.56 Å². The Kier molecular flexibility index (Phi) is 2.83. The molecule has 0 spiro atoms. The lowest BCUT2D eigenvalue weighted by Gasteiger charge is -2.01. The van der Waals surface area contributed by atoms with Crippen LogP contribution in [0.15, 0.2) is 18.3 Å². The van der Waals surface area contributed by atoms with Crippen molar-refractivity contribution in [3.05, 3.63) is 23.9 Å². The van der Waals surface area contributed by atoms with Crippen molar-refractivity contribution >= 4 is 0 Å². The van der Waals surface area contributed by atoms with E-state index in [9.17, 15) is 0 Å². The average molecular weight is 153 g/mol. The molecule has 4 nitrogen and oxygen atoms in total. The highest BCUT2D eigenvalue weighted by molar-refractivity contribution is 5.19. The SMILES string of the molecule is COc1cc(CNN)ccn1. The fourth-order valence-corrected chi connectivity index (χ4v) is 0.790. The first-order valence-corrected chi connectivity index (χ1v) is 3.29. The van der Waals surface area contributed by atoms with Gasteiger partial charge in [0.15, 0.2) is 0 Å². The van der Waals surface area contributed by atoms with E-state index in [2.05, 4.69) is 10.4 Å². The van der Waals surface area contributed by atoms with E-state index in [4.69, 9.17) is 10.6 Å². The second-order valence-electron chi connectivity index (χ2n) is 2.09. The van der Waals surface area contributed by atoms with Gasteiger partial charge in [0.2, 0.25) is 5.88 Å². The smallest absolute Gasteiger partial charge is 0.213 e. The zero-order valence-electron chi connectivity index (χ0n) is 6.37. The van der Waals surface area contributed by atoms with E-state index in [1.807, 2.05) is 12.1 Å². The van der Waals surface area contributed by atoms with Gasteiger partial charge in [-0.15, -0.1) is 0 Å². The molecule has 11 heavy (non-hydrogen) atoms. The van der Waals surface area contributed by atoms with Gasteiger partial charge in [0.25, 0.3) is 0 Å². The largest absolute Gasteiger partial charge is 0.481 e. The van der Waals surface area contributed by atoms with Crippen LogP contribution < -0.4 is 16.0 Å². The summed E-state index contributed by atoms with van der Waals surface area (Å²) in [6, 6.07) is 3.71. The van der Waals surface area contributed by atoms with Crippen molar-refractivity contribution in [1.29, 1.82) is 0 Å². The van der Waals surface area contributed by atoms with Gasteiger partial charge in [0.1, 0.15) is 0 Å². The summed E-state index contributed by atoms with van der Waals surface area (Å²) in [5.74, 6) is 5.75. The minimum atomic E-state index is 0.609. The summed E-state index contributed by atoms with van der Waals surface area (Å²) in [5.41, 5.74) is 3.61. The van der Waals surface area contributed by atoms with Crippen LogP contribution in [0.4, 0.5) is 0 Å². The molecule has 0 aliphatic heterocycles. The van der Waals surface area contributed by atoms with E-state index in [-0.39, 0.29) is 0 Å². The minimum Gasteiger partial charge on any atom is -0.481 e. The molecule has 4 heteroatoms. The monoisotopic (exact) mass is 153 g/mol. The molecule has 0 saturated heterocycles. The second kappa shape index (κ2) is 3.90. The highest BCUT2D eigenvalue weighted by Gasteiger charge is 1.93. The highest BCUT2D eigenvalue weighted by atomic mass is 16.5. The predicted octanol–water partition coefficient (Wildman–Crippen LogP) is 0.0535. The Morgan fingerprint density at radius 3 is 3.18 bits per heavy atom. The summed E-state index contributed by atoms with van der Waals surface area (Å²) in [4.78, 5) is 3.95. The molecule has 1 heterocycles. The molecule has 0 radical (unpaired) electrons. The van der Waals surface area contributed by atoms with Gasteiger partial charge in [0, 0.05) is 18.8 Å². The van der Waals surface area contributed by atoms with Crippen LogP contribution in [-0.4, -0.2) is 12.1 Å². The molecule has 0 aromatic carbocycles. The Balaban J connectivity index is 2.74. The van der Waals surface area contributed by atoms with Gasteiger partial charge in [-0.25, -0.2) is 4.98 Å². The van der Waals surface area contributed by atoms with Crippen molar-refractivity contribution in [1.82, 2.24) is 10.4 Å². The van der Waals surface area contributed by atoms with E-state index in [0.29, 0.717) is 12.4 Å². The Hall–Kier alpha value is -1.13. The van der Waals surface area contributed by atoms with Gasteiger partial charge in [-0.3, -0.25) is 11.3 Å². The molecular formula is C7H11N3O. The van der Waals surface area contributed by atoms with Crippen molar-refractivity contribution in [3.63, 3.8) is 0 Å². The highest BCUT2D eigenvalue weighted by Crippen LogP contribution is 2.07. The molecular weight excluding hydrogens is 142 g/mol. The summed E-state index contributed by atoms with van der Waals surface area (Å²) in [7, 11) is 1.59. The number of nitrogens with two attached hydrogens (primary N) is 1. The summed E-state index contributed by atoms with van der Waals surface area (Å²) in [6.45, 7) is 0.624. The van der Waals surface area contributed by atoms with Gasteiger partial charge in [-0.2, -0.15) is 0 Å². The molecule has 0 aliphatic carbocycles. The summed E-state index contributed by atoms with van der Waals surface area (Å²) in [5, 5.41) is 0. The normalized spacial score (nSPS) is 9.64. The van der Waals surface area contributed by atoms with Crippen LogP contribution in [0.2, 0.25) is 0 Å². The fourth-order valence-electron chi connectivity index (χ4n) is 0.790. The Bertz CT molecular complexity index is 227. The number of hydrogen-bond acceptors (Lipinski definition) is 4. The maximum atomic E-state index is 5.14. The summed E-state index contributed by atoms with van der Waals surface area (Å²) >= 11 is 0. The third-order valence-electron chi connectivity index (χ3n) is 1.31. The first-order chi connectivity index (χ1) is 5.36. The topological polar surface area (TPSA) is 60.2 Å². The fraction of sp³-hybridized carbons (Fsp3) is 0.286. The Labute approximate surface area is 65.4 Å². The van der Waals surface area contributed by atoms with Gasteiger partial charge in [-0.1, -0.05) is 0 Å². The van der Waals surface area contributed by atoms with Crippen LogP contribution in [-0.2, 0) is 6.54 Å². The number of hydrazine groups is 1. The second-order valence-corrected chi connectivity index (χ2v) is 2.09. The van der Waals surface area contributed by atoms with Crippen molar-refractivity contribution in [3.8, 4) is 5.88 Å². The van der Waals surface area contributed by atoms with Crippen LogP contribution in [0.25, 0.3) is 0 Å². The molecule has 1 aromatic heterocycles. The number of hydrogen-bond donors (Lipinski definition) is 2. The molecule has 1 rings (SSSR count). The molecule has 0 amide bonds. The Morgan fingerprint density at radius 2 is 2.55 bits per heavy atom. The Morgan fingerprint density at radius 1 is 1.73 bits per heavy atom. The van der Waals surface area contributed by atoms with Crippen LogP contribution >= 0.6 is 0 Å². The van der Waals surface area contributed by atoms with Crippen LogP contribution in [0.1, 0.15) is 5.56 Å². The number of nitrogens with zero attached hydrogens (tertiary/aromatic N) is 1. The van der Waals surface area contributed by atoms with Gasteiger partial charge >= 0.3 is 0 Å². The van der Waals surface area contributed by atoms with Crippen molar-refractivity contribution in [2.24, 2.45) is 5.84 Å². The van der Waals surface area contributed by atoms with Crippen molar-refractivity contribution < 1.29 is 4.74 Å². The first-order valence-electron chi connectivity index (χ1n) is 3.29. The number of pyridine rings is 1. The predicted molar refractivity (Wildman–Crippen MR) is 41.8 cm³/mol. The van der Waals surface area contributed by atoms with Crippen LogP contribution in [0.3, 0.4) is 0 Å². The standard InChI is InChI=1S/C7H11N3O/c1-11-7-4-6(5-10-8)2-3-9-7/h2-4,10H,5,8H2,1H3. The molecule has 0 fully saturated rings. The molecule has 0 atom stereocenters. The number of ether oxygens (including phenoxy) is 1. The van der Waals surface area contributed by atoms with Gasteiger partial charge in [0.05, 0.1) is 7.11 Å². The van der Waals surface area contributed by atoms with E-state index in [1.54, 1.807) is 13.3 Å². The quantitative estimate of drug-likeness (QED) is 0.476. The lowest BCUT2D eigenvalue weighted by atomic mass is 10.3. The lowest BCUT2D eigenvalue weighted by molar-refractivity contribution is 0.397. The molecule has 0 unspecified atom stereocenters. The summed E-state index contributed by atoms with van der Waals surface area (Å²) < 4.78 is 4.92. The van der Waals surface area contributed by atoms with Gasteiger partial charge in [-0.05, 0) is 11.6 Å². The zero-order chi connectivity index (χ0) is 8.10. The maximum absolute atomic E-state index is 5.14. The van der Waals surface area contributed by atoms with E-state index >= 15 is 0 Å². The molecule has 0 bridgehead atoms. The van der Waals surface area contributed by atoms with E-state index < -0.39 is 0 Å². The molecule has 3 N–H and O–H groups in total. The molecule has 0 saturated carbocycles. The summed E-state index contributed by atoms with van der Waals surface area (Å²) in [6.07, 6.45) is 1.69. The molecule has 1 aromatic rings. The van der Waals surface area contributed by atoms with Crippen molar-refractivity contribution in [2.75, 3.05) is 7.11 Å². The van der Waals surface area contributed by atoms with Gasteiger partial charge < -0.3 is 4.74 Å². The van der Waals surface area contributed by atoms with E-state index in [1.165, 1.54) is 0 Å². The third kappa shape index (κ3) is 2.18. The number of rotatable bonds is 3. The molecule has 60 valence electrons. The molecule has 0 aliphatic rings. The zero-order valence-corrected chi connectivity index (χ0v) is 6.37. The number of aromatic nitrogens is 1. The number of methoxy groups -OCH3 is 1. The minimum absolute atomic E-state index is 0.609. The van der Waals surface area contributed by atoms with Crippen LogP contribution in [0, 0.1) is 0 Å². The average Bonchev–Trinajstić information content (AvgIpc) is 2.06. The maximum Gasteiger partial charge on any atom is 0.213 e. The van der Waals surface area contributed by atoms with Crippen LogP contribution in [0.5, 0.6) is 5.88 Å². The lowest BCUT2D eigenvalue weighted by Crippen LogP contribution is -2.20.